The smallest absolute Gasteiger partial charge is 0.470 e. The van der Waals surface area contributed by atoms with Gasteiger partial charge in [-0.2, -0.15) is 18.4 Å². The Balaban J connectivity index is 0.000000347. The SMILES string of the molecule is CCC(CC)C(=O)/C=C(\O)C(CC)CC.[2H]C([2H])([2H])c1cnc(-c2[c-]ccc3c2oc2c(-c4nnc(C(F)(F)F)o4)c(C#N)ccc23)c2ccccc12.[Ir]. The van der Waals surface area contributed by atoms with Crippen LogP contribution in [0.25, 0.3) is 55.4 Å². The van der Waals surface area contributed by atoms with Crippen molar-refractivity contribution in [1.29, 1.82) is 5.26 Å². The van der Waals surface area contributed by atoms with E-state index in [1.807, 2.05) is 33.8 Å². The number of aliphatic hydroxyl groups excluding tert-OH is 1. The van der Waals surface area contributed by atoms with Gasteiger partial charge in [-0.15, -0.1) is 28.4 Å². The van der Waals surface area contributed by atoms with Gasteiger partial charge in [0.25, 0.3) is 5.89 Å². The number of aliphatic hydroxyl groups is 1. The Morgan fingerprint density at radius 2 is 1.63 bits per heavy atom. The molecule has 0 bridgehead atoms. The molecule has 0 aliphatic rings. The minimum Gasteiger partial charge on any atom is -0.512 e. The Kier molecular flexibility index (Phi) is 11.2. The van der Waals surface area contributed by atoms with Crippen LogP contribution in [0, 0.1) is 36.1 Å². The number of aromatic nitrogens is 3. The van der Waals surface area contributed by atoms with Crippen molar-refractivity contribution in [2.75, 3.05) is 0 Å². The fourth-order valence-electron chi connectivity index (χ4n) is 5.90. The van der Waals surface area contributed by atoms with E-state index >= 15 is 0 Å². The molecular formula is C39H36F3IrN4O4-. The van der Waals surface area contributed by atoms with Gasteiger partial charge in [-0.3, -0.25) is 4.79 Å². The molecule has 12 heteroatoms. The van der Waals surface area contributed by atoms with Crippen LogP contribution < -0.4 is 0 Å². The molecule has 51 heavy (non-hydrogen) atoms. The molecule has 3 heterocycles. The van der Waals surface area contributed by atoms with Crippen molar-refractivity contribution in [2.24, 2.45) is 11.8 Å². The number of fused-ring (bicyclic) bond motifs is 4. The second-order valence-electron chi connectivity index (χ2n) is 11.6. The summed E-state index contributed by atoms with van der Waals surface area (Å²) >= 11 is 0. The number of allylic oxidation sites excluding steroid dienone is 2. The van der Waals surface area contributed by atoms with E-state index in [1.54, 1.807) is 42.5 Å². The van der Waals surface area contributed by atoms with E-state index in [-0.39, 0.29) is 71.3 Å². The quantitative estimate of drug-likeness (QED) is 0.0864. The van der Waals surface area contributed by atoms with Crippen LogP contribution in [0.5, 0.6) is 0 Å². The summed E-state index contributed by atoms with van der Waals surface area (Å²) in [4.78, 5) is 16.2. The Morgan fingerprint density at radius 3 is 2.24 bits per heavy atom. The van der Waals surface area contributed by atoms with Gasteiger partial charge in [-0.1, -0.05) is 69.0 Å². The summed E-state index contributed by atoms with van der Waals surface area (Å²) in [6.45, 7) is 5.68. The minimum absolute atomic E-state index is 0. The number of pyridine rings is 1. The average molecular weight is 877 g/mol. The van der Waals surface area contributed by atoms with Gasteiger partial charge in [-0.05, 0) is 60.6 Å². The van der Waals surface area contributed by atoms with Crippen molar-refractivity contribution in [3.05, 3.63) is 89.6 Å². The molecule has 0 aliphatic carbocycles. The molecule has 3 aromatic carbocycles. The van der Waals surface area contributed by atoms with Crippen LogP contribution in [0.15, 0.2) is 75.4 Å². The predicted octanol–water partition coefficient (Wildman–Crippen LogP) is 10.7. The second kappa shape index (κ2) is 16.4. The number of nitrogens with zero attached hydrogens (tertiary/aromatic N) is 4. The van der Waals surface area contributed by atoms with E-state index in [0.29, 0.717) is 32.8 Å². The Labute approximate surface area is 311 Å². The fraction of sp³-hybridized carbons (Fsp3) is 0.308. The van der Waals surface area contributed by atoms with Crippen LogP contribution in [-0.4, -0.2) is 26.1 Å². The topological polar surface area (TPSA) is 126 Å². The molecule has 0 aliphatic heterocycles. The Morgan fingerprint density at radius 1 is 0.961 bits per heavy atom. The number of carbonyl (C=O) groups is 1. The van der Waals surface area contributed by atoms with Crippen LogP contribution >= 0.6 is 0 Å². The molecule has 0 amide bonds. The van der Waals surface area contributed by atoms with Gasteiger partial charge >= 0.3 is 12.1 Å². The molecule has 1 radical (unpaired) electrons. The third kappa shape index (κ3) is 7.90. The van der Waals surface area contributed by atoms with E-state index in [1.165, 1.54) is 18.3 Å². The largest absolute Gasteiger partial charge is 0.512 e. The van der Waals surface area contributed by atoms with Crippen molar-refractivity contribution < 1.29 is 56.1 Å². The minimum atomic E-state index is -4.87. The maximum atomic E-state index is 13.1. The number of ketones is 1. The molecule has 0 saturated heterocycles. The van der Waals surface area contributed by atoms with Crippen LogP contribution in [0.1, 0.15) is 74.5 Å². The third-order valence-electron chi connectivity index (χ3n) is 8.72. The van der Waals surface area contributed by atoms with Crippen LogP contribution in [0.3, 0.4) is 0 Å². The first-order chi connectivity index (χ1) is 25.2. The zero-order valence-electron chi connectivity index (χ0n) is 31.2. The number of alkyl halides is 3. The summed E-state index contributed by atoms with van der Waals surface area (Å²) in [5, 5.41) is 28.1. The molecule has 6 aromatic rings. The number of hydrogen-bond acceptors (Lipinski definition) is 8. The molecule has 0 spiro atoms. The maximum Gasteiger partial charge on any atom is 0.470 e. The normalized spacial score (nSPS) is 13.0. The molecule has 0 unspecified atom stereocenters. The monoisotopic (exact) mass is 877 g/mol. The van der Waals surface area contributed by atoms with Gasteiger partial charge in [0, 0.05) is 53.7 Å². The Hall–Kier alpha value is -4.85. The number of nitriles is 1. The van der Waals surface area contributed by atoms with E-state index in [4.69, 9.17) is 12.9 Å². The summed E-state index contributed by atoms with van der Waals surface area (Å²) in [6.07, 6.45) is 1.33. The standard InChI is InChI=1S/C26H12F3N4O2.C13H24O2.Ir/c1-13-12-31-21(16-6-3-2-5-15(13)16)19-8-4-7-17-18-10-9-14(11-30)20(23(18)34-22(17)19)24-32-33-25(35-24)26(27,28)29;1-5-10(6-2)12(14)9-13(15)11(7-3)8-4;/h2-7,9-10,12H,1H3;9-11,14H,5-8H2,1-4H3;/q-1;;/b;12-9-;/i1D3;;. The fourth-order valence-corrected chi connectivity index (χ4v) is 5.90. The molecular weight excluding hydrogens is 838 g/mol. The van der Waals surface area contributed by atoms with E-state index in [2.05, 4.69) is 21.2 Å². The molecule has 0 atom stereocenters. The van der Waals surface area contributed by atoms with Crippen LogP contribution in [0.2, 0.25) is 0 Å². The number of rotatable bonds is 9. The molecule has 267 valence electrons. The maximum absolute atomic E-state index is 13.1. The van der Waals surface area contributed by atoms with Crippen molar-refractivity contribution in [3.63, 3.8) is 0 Å². The number of halogens is 3. The van der Waals surface area contributed by atoms with Gasteiger partial charge < -0.3 is 18.9 Å². The van der Waals surface area contributed by atoms with E-state index < -0.39 is 24.8 Å². The molecule has 8 nitrogen and oxygen atoms in total. The number of benzene rings is 3. The first-order valence-corrected chi connectivity index (χ1v) is 16.2. The zero-order valence-corrected chi connectivity index (χ0v) is 30.6. The first-order valence-electron chi connectivity index (χ1n) is 17.7. The van der Waals surface area contributed by atoms with Gasteiger partial charge in [0.15, 0.2) is 5.78 Å². The van der Waals surface area contributed by atoms with Crippen molar-refractivity contribution in [1.82, 2.24) is 15.2 Å². The van der Waals surface area contributed by atoms with E-state index in [0.717, 1.165) is 25.7 Å². The van der Waals surface area contributed by atoms with E-state index in [9.17, 15) is 28.3 Å². The molecule has 6 rings (SSSR count). The Bertz CT molecular complexity index is 2360. The second-order valence-corrected chi connectivity index (χ2v) is 11.6. The van der Waals surface area contributed by atoms with Gasteiger partial charge in [0.1, 0.15) is 11.7 Å². The number of aryl methyl sites for hydroxylation is 1. The number of furan rings is 1. The van der Waals surface area contributed by atoms with Crippen molar-refractivity contribution in [3.8, 4) is 28.8 Å². The summed E-state index contributed by atoms with van der Waals surface area (Å²) < 4.78 is 74.0. The molecule has 0 saturated carbocycles. The molecule has 0 fully saturated rings. The summed E-state index contributed by atoms with van der Waals surface area (Å²) in [7, 11) is 0. The van der Waals surface area contributed by atoms with Gasteiger partial charge in [-0.25, -0.2) is 0 Å². The zero-order chi connectivity index (χ0) is 38.7. The average Bonchev–Trinajstić information content (AvgIpc) is 3.78. The number of carbonyl (C=O) groups excluding carboxylic acids is 1. The number of hydrogen-bond donors (Lipinski definition) is 1. The first kappa shape index (κ1) is 34.6. The summed E-state index contributed by atoms with van der Waals surface area (Å²) in [5.41, 5.74) is 1.15. The predicted molar refractivity (Wildman–Crippen MR) is 185 cm³/mol. The summed E-state index contributed by atoms with van der Waals surface area (Å²) in [6, 6.07) is 18.3. The molecule has 1 N–H and O–H groups in total. The van der Waals surface area contributed by atoms with Crippen LogP contribution in [-0.2, 0) is 31.1 Å². The third-order valence-corrected chi connectivity index (χ3v) is 8.72. The van der Waals surface area contributed by atoms with Crippen molar-refractivity contribution >= 4 is 38.5 Å². The van der Waals surface area contributed by atoms with Crippen LogP contribution in [0.4, 0.5) is 13.2 Å². The van der Waals surface area contributed by atoms with Gasteiger partial charge in [0.2, 0.25) is 0 Å². The van der Waals surface area contributed by atoms with Gasteiger partial charge in [0.05, 0.1) is 22.5 Å². The molecule has 3 aromatic heterocycles. The van der Waals surface area contributed by atoms with Crippen molar-refractivity contribution in [2.45, 2.75) is 66.4 Å². The summed E-state index contributed by atoms with van der Waals surface area (Å²) in [5.74, 6) is -1.52.